The molecule has 2 aliphatic rings. The Bertz CT molecular complexity index is 1570. The van der Waals surface area contributed by atoms with Gasteiger partial charge in [-0.05, 0) is 47.4 Å². The summed E-state index contributed by atoms with van der Waals surface area (Å²) in [5, 5.41) is 53.3. The van der Waals surface area contributed by atoms with E-state index in [-0.39, 0.29) is 41.5 Å². The summed E-state index contributed by atoms with van der Waals surface area (Å²) in [4.78, 5) is 27.2. The zero-order valence-electron chi connectivity index (χ0n) is 19.2. The highest BCUT2D eigenvalue weighted by atomic mass is 16.6. The van der Waals surface area contributed by atoms with Gasteiger partial charge in [-0.2, -0.15) is 5.26 Å². The molecule has 11 nitrogen and oxygen atoms in total. The lowest BCUT2D eigenvalue weighted by atomic mass is 9.86. The van der Waals surface area contributed by atoms with Gasteiger partial charge < -0.3 is 5.11 Å². The molecule has 0 aromatic heterocycles. The van der Waals surface area contributed by atoms with Gasteiger partial charge in [0, 0.05) is 36.4 Å². The molecule has 1 atom stereocenters. The molecule has 0 amide bonds. The van der Waals surface area contributed by atoms with E-state index in [9.17, 15) is 30.6 Å². The second-order valence-electron chi connectivity index (χ2n) is 8.60. The van der Waals surface area contributed by atoms with Crippen LogP contribution >= 0.6 is 0 Å². The number of hydrogen-bond donors (Lipinski definition) is 2. The Morgan fingerprint density at radius 1 is 0.973 bits per heavy atom. The van der Waals surface area contributed by atoms with Gasteiger partial charge in [-0.25, -0.2) is 4.99 Å². The highest BCUT2D eigenvalue weighted by Gasteiger charge is 2.48. The van der Waals surface area contributed by atoms with Crippen LogP contribution in [0.5, 0.6) is 0 Å². The van der Waals surface area contributed by atoms with Crippen LogP contribution in [0.3, 0.4) is 0 Å². The first-order chi connectivity index (χ1) is 17.7. The first kappa shape index (κ1) is 23.5. The number of aliphatic imine (C=N–C) groups is 1. The predicted molar refractivity (Wildman–Crippen MR) is 135 cm³/mol. The van der Waals surface area contributed by atoms with Crippen LogP contribution in [0.25, 0.3) is 0 Å². The topological polar surface area (TPSA) is 170 Å². The Morgan fingerprint density at radius 3 is 2.16 bits per heavy atom. The molecule has 3 aromatic carbocycles. The zero-order valence-corrected chi connectivity index (χ0v) is 19.2. The van der Waals surface area contributed by atoms with E-state index in [2.05, 4.69) is 11.1 Å². The van der Waals surface area contributed by atoms with Crippen LogP contribution in [-0.2, 0) is 12.0 Å². The minimum absolute atomic E-state index is 0.0223. The Labute approximate surface area is 210 Å². The summed E-state index contributed by atoms with van der Waals surface area (Å²) in [6.45, 7) is 0. The van der Waals surface area contributed by atoms with Crippen molar-refractivity contribution in [2.75, 3.05) is 4.90 Å². The summed E-state index contributed by atoms with van der Waals surface area (Å²) in [7, 11) is 0. The van der Waals surface area contributed by atoms with Gasteiger partial charge in [0.15, 0.2) is 0 Å². The summed E-state index contributed by atoms with van der Waals surface area (Å²) in [6.07, 6.45) is 0.164. The van der Waals surface area contributed by atoms with Crippen LogP contribution in [0.15, 0.2) is 88.9 Å². The van der Waals surface area contributed by atoms with Crippen LogP contribution in [0, 0.1) is 37.0 Å². The number of nitro benzene ring substituents is 2. The number of rotatable bonds is 4. The fourth-order valence-corrected chi connectivity index (χ4v) is 4.78. The second-order valence-corrected chi connectivity index (χ2v) is 8.60. The van der Waals surface area contributed by atoms with Crippen molar-refractivity contribution in [3.8, 4) is 6.07 Å². The van der Waals surface area contributed by atoms with Gasteiger partial charge in [-0.1, -0.05) is 24.3 Å². The number of nitro groups is 2. The Hall–Kier alpha value is -5.21. The lowest BCUT2D eigenvalue weighted by Gasteiger charge is -2.28. The van der Waals surface area contributed by atoms with Gasteiger partial charge in [0.1, 0.15) is 23.3 Å². The van der Waals surface area contributed by atoms with Crippen LogP contribution < -0.4 is 4.90 Å². The number of amidine groups is 2. The third kappa shape index (κ3) is 3.91. The largest absolute Gasteiger partial charge is 0.380 e. The molecule has 3 aromatic rings. The fourth-order valence-electron chi connectivity index (χ4n) is 4.78. The molecular weight excluding hydrogens is 476 g/mol. The third-order valence-electron chi connectivity index (χ3n) is 6.51. The Morgan fingerprint density at radius 2 is 1.57 bits per heavy atom. The highest BCUT2D eigenvalue weighted by molar-refractivity contribution is 6.27. The average molecular weight is 494 g/mol. The maximum Gasteiger partial charge on any atom is 0.269 e. The molecular formula is C26H18N6O5. The molecule has 0 saturated heterocycles. The monoisotopic (exact) mass is 494 g/mol. The summed E-state index contributed by atoms with van der Waals surface area (Å²) < 4.78 is 0. The number of fused-ring (bicyclic) bond motifs is 3. The molecule has 1 aliphatic heterocycles. The van der Waals surface area contributed by atoms with Crippen molar-refractivity contribution in [3.05, 3.63) is 115 Å². The lowest BCUT2D eigenvalue weighted by Crippen LogP contribution is -2.38. The first-order valence-corrected chi connectivity index (χ1v) is 11.1. The molecule has 37 heavy (non-hydrogen) atoms. The minimum atomic E-state index is -1.62. The molecule has 182 valence electrons. The summed E-state index contributed by atoms with van der Waals surface area (Å²) in [5.41, 5.74) is 0.563. The number of anilines is 1. The number of nitrogens with one attached hydrogen (secondary N) is 1. The number of nitriles is 1. The average Bonchev–Trinajstić information content (AvgIpc) is 3.12. The van der Waals surface area contributed by atoms with Crippen molar-refractivity contribution in [2.45, 2.75) is 18.4 Å². The smallest absolute Gasteiger partial charge is 0.269 e. The van der Waals surface area contributed by atoms with E-state index in [4.69, 9.17) is 5.41 Å². The number of hydrogen-bond acceptors (Lipinski definition) is 8. The maximum absolute atomic E-state index is 12.0. The van der Waals surface area contributed by atoms with E-state index in [1.807, 2.05) is 12.1 Å². The van der Waals surface area contributed by atoms with Gasteiger partial charge in [-0.15, -0.1) is 0 Å². The molecule has 0 saturated carbocycles. The van der Waals surface area contributed by atoms with Crippen LogP contribution in [0.4, 0.5) is 22.7 Å². The van der Waals surface area contributed by atoms with E-state index in [0.29, 0.717) is 22.5 Å². The Balaban J connectivity index is 1.72. The first-order valence-electron chi connectivity index (χ1n) is 11.1. The van der Waals surface area contributed by atoms with E-state index in [0.717, 1.165) is 5.56 Å². The molecule has 11 heteroatoms. The van der Waals surface area contributed by atoms with E-state index < -0.39 is 15.4 Å². The predicted octanol–water partition coefficient (Wildman–Crippen LogP) is 4.68. The summed E-state index contributed by atoms with van der Waals surface area (Å²) >= 11 is 0. The highest BCUT2D eigenvalue weighted by Crippen LogP contribution is 2.48. The van der Waals surface area contributed by atoms with E-state index >= 15 is 0 Å². The van der Waals surface area contributed by atoms with Gasteiger partial charge in [0.2, 0.25) is 0 Å². The Kier molecular flexibility index (Phi) is 5.58. The van der Waals surface area contributed by atoms with Gasteiger partial charge >= 0.3 is 0 Å². The minimum Gasteiger partial charge on any atom is -0.380 e. The van der Waals surface area contributed by atoms with Crippen LogP contribution in [0.2, 0.25) is 0 Å². The summed E-state index contributed by atoms with van der Waals surface area (Å²) in [6, 6.07) is 20.2. The maximum atomic E-state index is 12.0. The second kappa shape index (κ2) is 8.78. The number of benzene rings is 3. The fraction of sp³-hybridized carbons (Fsp3) is 0.115. The van der Waals surface area contributed by atoms with Gasteiger partial charge in [0.25, 0.3) is 11.4 Å². The lowest BCUT2D eigenvalue weighted by molar-refractivity contribution is -0.385. The quantitative estimate of drug-likeness (QED) is 0.391. The molecule has 2 N–H and O–H groups in total. The molecule has 1 aliphatic carbocycles. The van der Waals surface area contributed by atoms with E-state index in [1.54, 1.807) is 12.1 Å². The summed E-state index contributed by atoms with van der Waals surface area (Å²) in [5.74, 6) is -0.0506. The number of nitrogens with zero attached hydrogens (tertiary/aromatic N) is 5. The van der Waals surface area contributed by atoms with Crippen molar-refractivity contribution in [1.82, 2.24) is 0 Å². The van der Waals surface area contributed by atoms with E-state index in [1.165, 1.54) is 53.4 Å². The SMILES string of the molecule is N#CC1=C2Cc3ccccc3C2(O)CC(=Nc2ccc([N+](=O)[O-])cc2)N(c2ccc([N+](=O)[O-])cc2)C1=N. The standard InChI is InChI=1S/C26H18N6O5/c27-15-21-23-13-16-3-1-2-4-22(16)26(23,33)14-24(29-17-5-7-19(8-6-17)31(34)35)30(25(21)28)18-9-11-20(12-10-18)32(36)37/h1-12,28,33H,13-14H2. The van der Waals surface area contributed by atoms with Crippen molar-refractivity contribution < 1.29 is 15.0 Å². The molecule has 0 radical (unpaired) electrons. The van der Waals surface area contributed by atoms with Gasteiger partial charge in [-0.3, -0.25) is 30.5 Å². The molecule has 1 heterocycles. The zero-order chi connectivity index (χ0) is 26.3. The van der Waals surface area contributed by atoms with Crippen molar-refractivity contribution >= 4 is 34.4 Å². The van der Waals surface area contributed by atoms with Gasteiger partial charge in [0.05, 0.1) is 21.1 Å². The molecule has 5 rings (SSSR count). The third-order valence-corrected chi connectivity index (χ3v) is 6.51. The van der Waals surface area contributed by atoms with Crippen molar-refractivity contribution in [3.63, 3.8) is 0 Å². The molecule has 0 fully saturated rings. The number of non-ortho nitro benzene ring substituents is 2. The number of aliphatic hydroxyl groups is 1. The van der Waals surface area contributed by atoms with Crippen LogP contribution in [-0.4, -0.2) is 26.6 Å². The van der Waals surface area contributed by atoms with Crippen molar-refractivity contribution in [2.24, 2.45) is 4.99 Å². The van der Waals surface area contributed by atoms with Crippen molar-refractivity contribution in [1.29, 1.82) is 10.7 Å². The van der Waals surface area contributed by atoms with Crippen LogP contribution in [0.1, 0.15) is 17.5 Å². The molecule has 1 unspecified atom stereocenters. The normalized spacial score (nSPS) is 19.7. The molecule has 0 bridgehead atoms. The molecule has 0 spiro atoms.